The van der Waals surface area contributed by atoms with Gasteiger partial charge in [0.2, 0.25) is 11.8 Å². The van der Waals surface area contributed by atoms with Crippen LogP contribution >= 0.6 is 0 Å². The summed E-state index contributed by atoms with van der Waals surface area (Å²) in [7, 11) is -2.66. The standard InChI is InChI=1S/C31H39N3O5S/c1-7-28(30(36)32-31(3,4)5)33(21-24-12-9-8-10-13-24)29(35)22-34(25-14-11-15-26(20-25)39-6)40(37,38)27-18-16-23(2)17-19-27/h8-20,28H,7,21-22H2,1-6H3,(H,32,36)/t28-/m0/s1. The minimum atomic E-state index is -4.15. The lowest BCUT2D eigenvalue weighted by molar-refractivity contribution is -0.141. The van der Waals surface area contributed by atoms with Crippen LogP contribution in [0.4, 0.5) is 5.69 Å². The second-order valence-electron chi connectivity index (χ2n) is 10.7. The lowest BCUT2D eigenvalue weighted by atomic mass is 10.1. The van der Waals surface area contributed by atoms with Crippen molar-refractivity contribution >= 4 is 27.5 Å². The van der Waals surface area contributed by atoms with Crippen LogP contribution in [0.15, 0.2) is 83.8 Å². The van der Waals surface area contributed by atoms with Crippen molar-refractivity contribution in [3.05, 3.63) is 90.0 Å². The molecule has 3 rings (SSSR count). The van der Waals surface area contributed by atoms with E-state index in [0.29, 0.717) is 12.2 Å². The summed E-state index contributed by atoms with van der Waals surface area (Å²) in [5.74, 6) is -0.349. The van der Waals surface area contributed by atoms with E-state index in [2.05, 4.69) is 5.32 Å². The maximum atomic E-state index is 14.1. The highest BCUT2D eigenvalue weighted by Gasteiger charge is 2.34. The zero-order valence-corrected chi connectivity index (χ0v) is 24.9. The monoisotopic (exact) mass is 565 g/mol. The molecule has 0 aromatic heterocycles. The van der Waals surface area contributed by atoms with E-state index in [1.807, 2.05) is 65.0 Å². The van der Waals surface area contributed by atoms with Gasteiger partial charge in [-0.1, -0.05) is 61.0 Å². The fourth-order valence-corrected chi connectivity index (χ4v) is 5.69. The molecule has 40 heavy (non-hydrogen) atoms. The first-order valence-electron chi connectivity index (χ1n) is 13.2. The van der Waals surface area contributed by atoms with Crippen molar-refractivity contribution in [3.63, 3.8) is 0 Å². The molecule has 0 spiro atoms. The molecule has 214 valence electrons. The number of nitrogens with one attached hydrogen (secondary N) is 1. The van der Waals surface area contributed by atoms with Crippen LogP contribution in [0.3, 0.4) is 0 Å². The summed E-state index contributed by atoms with van der Waals surface area (Å²) in [6.07, 6.45) is 0.352. The van der Waals surface area contributed by atoms with Gasteiger partial charge >= 0.3 is 0 Å². The number of hydrogen-bond acceptors (Lipinski definition) is 5. The maximum absolute atomic E-state index is 14.1. The first kappa shape index (κ1) is 30.7. The predicted octanol–water partition coefficient (Wildman–Crippen LogP) is 4.92. The van der Waals surface area contributed by atoms with Gasteiger partial charge in [-0.25, -0.2) is 8.42 Å². The smallest absolute Gasteiger partial charge is 0.264 e. The fraction of sp³-hybridized carbons (Fsp3) is 0.355. The Hall–Kier alpha value is -3.85. The third-order valence-corrected chi connectivity index (χ3v) is 8.10. The number of carbonyl (C=O) groups is 2. The third-order valence-electron chi connectivity index (χ3n) is 6.31. The van der Waals surface area contributed by atoms with Gasteiger partial charge in [0, 0.05) is 18.2 Å². The van der Waals surface area contributed by atoms with Crippen LogP contribution in [-0.2, 0) is 26.2 Å². The van der Waals surface area contributed by atoms with Gasteiger partial charge in [-0.3, -0.25) is 13.9 Å². The van der Waals surface area contributed by atoms with E-state index in [0.717, 1.165) is 15.4 Å². The summed E-state index contributed by atoms with van der Waals surface area (Å²) in [6, 6.07) is 21.6. The lowest BCUT2D eigenvalue weighted by Crippen LogP contribution is -2.55. The number of hydrogen-bond donors (Lipinski definition) is 1. The van der Waals surface area contributed by atoms with E-state index < -0.39 is 34.1 Å². The van der Waals surface area contributed by atoms with Crippen LogP contribution in [0, 0.1) is 6.92 Å². The number of amides is 2. The first-order valence-corrected chi connectivity index (χ1v) is 14.7. The van der Waals surface area contributed by atoms with Crippen molar-refractivity contribution < 1.29 is 22.7 Å². The van der Waals surface area contributed by atoms with E-state index in [9.17, 15) is 18.0 Å². The number of nitrogens with zero attached hydrogens (tertiary/aromatic N) is 2. The highest BCUT2D eigenvalue weighted by molar-refractivity contribution is 7.92. The number of aryl methyl sites for hydroxylation is 1. The molecule has 0 radical (unpaired) electrons. The number of carbonyl (C=O) groups excluding carboxylic acids is 2. The third kappa shape index (κ3) is 7.85. The van der Waals surface area contributed by atoms with E-state index in [-0.39, 0.29) is 23.0 Å². The van der Waals surface area contributed by atoms with E-state index >= 15 is 0 Å². The van der Waals surface area contributed by atoms with Crippen molar-refractivity contribution in [2.45, 2.75) is 64.1 Å². The zero-order valence-electron chi connectivity index (χ0n) is 24.0. The Bertz CT molecular complexity index is 1400. The highest BCUT2D eigenvalue weighted by atomic mass is 32.2. The Morgan fingerprint density at radius 2 is 1.60 bits per heavy atom. The van der Waals surface area contributed by atoms with Gasteiger partial charge in [0.15, 0.2) is 0 Å². The topological polar surface area (TPSA) is 96.0 Å². The Balaban J connectivity index is 2.08. The van der Waals surface area contributed by atoms with Gasteiger partial charge in [0.25, 0.3) is 10.0 Å². The summed E-state index contributed by atoms with van der Waals surface area (Å²) in [6.45, 7) is 8.97. The average Bonchev–Trinajstić information content (AvgIpc) is 2.91. The number of rotatable bonds is 11. The summed E-state index contributed by atoms with van der Waals surface area (Å²) in [5.41, 5.74) is 1.51. The first-order chi connectivity index (χ1) is 18.9. The Labute approximate surface area is 238 Å². The van der Waals surface area contributed by atoms with Gasteiger partial charge in [0.05, 0.1) is 17.7 Å². The predicted molar refractivity (Wildman–Crippen MR) is 158 cm³/mol. The molecule has 1 N–H and O–H groups in total. The van der Waals surface area contributed by atoms with Crippen LogP contribution in [0.2, 0.25) is 0 Å². The molecule has 0 aliphatic carbocycles. The number of anilines is 1. The Morgan fingerprint density at radius 1 is 0.950 bits per heavy atom. The average molecular weight is 566 g/mol. The number of sulfonamides is 1. The minimum Gasteiger partial charge on any atom is -0.497 e. The van der Waals surface area contributed by atoms with Crippen LogP contribution in [-0.4, -0.2) is 50.4 Å². The molecule has 1 atom stereocenters. The summed E-state index contributed by atoms with van der Waals surface area (Å²) >= 11 is 0. The highest BCUT2D eigenvalue weighted by Crippen LogP contribution is 2.28. The van der Waals surface area contributed by atoms with Crippen molar-refractivity contribution in [2.24, 2.45) is 0 Å². The SMILES string of the molecule is CC[C@@H](C(=O)NC(C)(C)C)N(Cc1ccccc1)C(=O)CN(c1cccc(OC)c1)S(=O)(=O)c1ccc(C)cc1. The van der Waals surface area contributed by atoms with Crippen LogP contribution in [0.5, 0.6) is 5.75 Å². The number of benzene rings is 3. The fourth-order valence-electron chi connectivity index (χ4n) is 4.28. The molecule has 3 aromatic carbocycles. The molecule has 0 aliphatic heterocycles. The molecule has 0 bridgehead atoms. The maximum Gasteiger partial charge on any atom is 0.264 e. The lowest BCUT2D eigenvalue weighted by Gasteiger charge is -2.34. The molecule has 0 heterocycles. The van der Waals surface area contributed by atoms with Crippen molar-refractivity contribution in [1.82, 2.24) is 10.2 Å². The molecule has 0 unspecified atom stereocenters. The molecule has 3 aromatic rings. The summed E-state index contributed by atoms with van der Waals surface area (Å²) < 4.78 is 34.3. The van der Waals surface area contributed by atoms with Gasteiger partial charge < -0.3 is 15.0 Å². The molecule has 9 heteroatoms. The van der Waals surface area contributed by atoms with Gasteiger partial charge in [-0.05, 0) is 63.9 Å². The van der Waals surface area contributed by atoms with Crippen LogP contribution in [0.1, 0.15) is 45.2 Å². The summed E-state index contributed by atoms with van der Waals surface area (Å²) in [4.78, 5) is 29.0. The summed E-state index contributed by atoms with van der Waals surface area (Å²) in [5, 5.41) is 2.97. The molecular formula is C31H39N3O5S. The van der Waals surface area contributed by atoms with Crippen LogP contribution in [0.25, 0.3) is 0 Å². The zero-order chi connectivity index (χ0) is 29.5. The molecule has 2 amide bonds. The second kappa shape index (κ2) is 13.0. The minimum absolute atomic E-state index is 0.0563. The van der Waals surface area contributed by atoms with Crippen molar-refractivity contribution in [3.8, 4) is 5.75 Å². The van der Waals surface area contributed by atoms with E-state index in [1.165, 1.54) is 24.1 Å². The van der Waals surface area contributed by atoms with E-state index in [4.69, 9.17) is 4.74 Å². The van der Waals surface area contributed by atoms with Gasteiger partial charge in [-0.2, -0.15) is 0 Å². The molecule has 0 aliphatic rings. The molecule has 8 nitrogen and oxygen atoms in total. The Kier molecular flexibility index (Phi) is 9.98. The van der Waals surface area contributed by atoms with Crippen molar-refractivity contribution in [2.75, 3.05) is 18.0 Å². The van der Waals surface area contributed by atoms with Gasteiger partial charge in [-0.15, -0.1) is 0 Å². The van der Waals surface area contributed by atoms with Gasteiger partial charge in [0.1, 0.15) is 18.3 Å². The van der Waals surface area contributed by atoms with Crippen LogP contribution < -0.4 is 14.4 Å². The number of methoxy groups -OCH3 is 1. The molecule has 0 saturated heterocycles. The molecule has 0 saturated carbocycles. The number of ether oxygens (including phenoxy) is 1. The molecule has 0 fully saturated rings. The second-order valence-corrected chi connectivity index (χ2v) is 12.6. The van der Waals surface area contributed by atoms with E-state index in [1.54, 1.807) is 36.4 Å². The van der Waals surface area contributed by atoms with Crippen molar-refractivity contribution in [1.29, 1.82) is 0 Å². The quantitative estimate of drug-likeness (QED) is 0.356. The largest absolute Gasteiger partial charge is 0.497 e. The molecular weight excluding hydrogens is 526 g/mol. The Morgan fingerprint density at radius 3 is 2.17 bits per heavy atom. The normalized spacial score (nSPS) is 12.3.